The van der Waals surface area contributed by atoms with Gasteiger partial charge in [-0.1, -0.05) is 12.1 Å². The van der Waals surface area contributed by atoms with Gasteiger partial charge in [0.2, 0.25) is 0 Å². The molecular formula is C15H17NO2S. The smallest absolute Gasteiger partial charge is 0.121 e. The Labute approximate surface area is 117 Å². The number of phenolic OH excluding ortho intramolecular Hbond substituents is 2. The average Bonchev–Trinajstić information content (AvgIpc) is 2.42. The van der Waals surface area contributed by atoms with Crippen LogP contribution in [0.4, 0.5) is 5.69 Å². The van der Waals surface area contributed by atoms with Crippen LogP contribution in [-0.2, 0) is 0 Å². The Hall–Kier alpha value is -1.81. The van der Waals surface area contributed by atoms with Crippen LogP contribution in [0.25, 0.3) is 0 Å². The Morgan fingerprint density at radius 1 is 1.11 bits per heavy atom. The van der Waals surface area contributed by atoms with Gasteiger partial charge in [0.1, 0.15) is 11.5 Å². The second-order valence-electron chi connectivity index (χ2n) is 4.31. The highest BCUT2D eigenvalue weighted by molar-refractivity contribution is 7.98. The molecule has 2 aromatic carbocycles. The van der Waals surface area contributed by atoms with Gasteiger partial charge in [0, 0.05) is 16.1 Å². The number of rotatable bonds is 4. The number of thioether (sulfide) groups is 1. The summed E-state index contributed by atoms with van der Waals surface area (Å²) in [5, 5.41) is 22.7. The Kier molecular flexibility index (Phi) is 4.22. The van der Waals surface area contributed by atoms with Gasteiger partial charge in [-0.2, -0.15) is 0 Å². The van der Waals surface area contributed by atoms with Gasteiger partial charge >= 0.3 is 0 Å². The molecule has 0 saturated heterocycles. The summed E-state index contributed by atoms with van der Waals surface area (Å²) in [5.74, 6) is 0.332. The molecule has 0 amide bonds. The van der Waals surface area contributed by atoms with E-state index in [0.29, 0.717) is 5.56 Å². The number of phenols is 2. The van der Waals surface area contributed by atoms with E-state index in [1.807, 2.05) is 37.4 Å². The quantitative estimate of drug-likeness (QED) is 0.583. The Bertz CT molecular complexity index is 572. The number of anilines is 1. The molecule has 0 aliphatic heterocycles. The van der Waals surface area contributed by atoms with Crippen LogP contribution in [0.1, 0.15) is 18.5 Å². The molecule has 0 heterocycles. The van der Waals surface area contributed by atoms with Crippen molar-refractivity contribution in [3.8, 4) is 11.5 Å². The standard InChI is InChI=1S/C15H17NO2S/c1-10(12-9-11(17)7-8-14(12)18)16-13-5-3-4-6-15(13)19-2/h3-10,16-18H,1-2H3. The maximum absolute atomic E-state index is 9.85. The third-order valence-electron chi connectivity index (χ3n) is 2.96. The lowest BCUT2D eigenvalue weighted by molar-refractivity contribution is 0.451. The number of nitrogens with one attached hydrogen (secondary N) is 1. The van der Waals surface area contributed by atoms with Gasteiger partial charge in [-0.05, 0) is 43.5 Å². The Balaban J connectivity index is 2.25. The molecule has 0 aliphatic carbocycles. The number of hydrogen-bond donors (Lipinski definition) is 3. The maximum Gasteiger partial charge on any atom is 0.121 e. The molecule has 2 aromatic rings. The van der Waals surface area contributed by atoms with Crippen LogP contribution >= 0.6 is 11.8 Å². The second kappa shape index (κ2) is 5.89. The van der Waals surface area contributed by atoms with Gasteiger partial charge in [0.15, 0.2) is 0 Å². The van der Waals surface area contributed by atoms with E-state index in [-0.39, 0.29) is 17.5 Å². The third-order valence-corrected chi connectivity index (χ3v) is 3.75. The zero-order chi connectivity index (χ0) is 13.8. The fraction of sp³-hybridized carbons (Fsp3) is 0.200. The van der Waals surface area contributed by atoms with Crippen molar-refractivity contribution >= 4 is 17.4 Å². The highest BCUT2D eigenvalue weighted by Gasteiger charge is 2.12. The summed E-state index contributed by atoms with van der Waals surface area (Å²) in [6.07, 6.45) is 2.02. The highest BCUT2D eigenvalue weighted by atomic mass is 32.2. The molecule has 0 aliphatic rings. The second-order valence-corrected chi connectivity index (χ2v) is 5.16. The largest absolute Gasteiger partial charge is 0.508 e. The van der Waals surface area contributed by atoms with E-state index in [0.717, 1.165) is 10.6 Å². The summed E-state index contributed by atoms with van der Waals surface area (Å²) in [7, 11) is 0. The summed E-state index contributed by atoms with van der Waals surface area (Å²) in [6, 6.07) is 12.5. The fourth-order valence-electron chi connectivity index (χ4n) is 1.96. The van der Waals surface area contributed by atoms with E-state index in [4.69, 9.17) is 0 Å². The molecule has 0 bridgehead atoms. The zero-order valence-electron chi connectivity index (χ0n) is 10.9. The summed E-state index contributed by atoms with van der Waals surface area (Å²) < 4.78 is 0. The van der Waals surface area contributed by atoms with Crippen LogP contribution in [0.15, 0.2) is 47.4 Å². The van der Waals surface area contributed by atoms with Crippen molar-refractivity contribution in [3.05, 3.63) is 48.0 Å². The Morgan fingerprint density at radius 2 is 1.84 bits per heavy atom. The summed E-state index contributed by atoms with van der Waals surface area (Å²) in [6.45, 7) is 1.95. The van der Waals surface area contributed by atoms with Crippen molar-refractivity contribution in [1.29, 1.82) is 0 Å². The first-order chi connectivity index (χ1) is 9.11. The predicted octanol–water partition coefficient (Wildman–Crippen LogP) is 3.99. The van der Waals surface area contributed by atoms with Crippen molar-refractivity contribution in [2.24, 2.45) is 0 Å². The lowest BCUT2D eigenvalue weighted by Gasteiger charge is -2.19. The van der Waals surface area contributed by atoms with Crippen LogP contribution in [0.5, 0.6) is 11.5 Å². The molecular weight excluding hydrogens is 258 g/mol. The predicted molar refractivity (Wildman–Crippen MR) is 80.0 cm³/mol. The molecule has 100 valence electrons. The first kappa shape index (κ1) is 13.6. The van der Waals surface area contributed by atoms with Gasteiger partial charge in [-0.3, -0.25) is 0 Å². The SMILES string of the molecule is CSc1ccccc1NC(C)c1cc(O)ccc1O. The van der Waals surface area contributed by atoms with Gasteiger partial charge < -0.3 is 15.5 Å². The topological polar surface area (TPSA) is 52.5 Å². The van der Waals surface area contributed by atoms with Crippen molar-refractivity contribution in [2.75, 3.05) is 11.6 Å². The summed E-state index contributed by atoms with van der Waals surface area (Å²) in [5.41, 5.74) is 1.70. The molecule has 4 heteroatoms. The normalized spacial score (nSPS) is 12.1. The molecule has 1 atom stereocenters. The molecule has 3 nitrogen and oxygen atoms in total. The highest BCUT2D eigenvalue weighted by Crippen LogP contribution is 2.32. The molecule has 0 aromatic heterocycles. The minimum Gasteiger partial charge on any atom is -0.508 e. The van der Waals surface area contributed by atoms with Gasteiger partial charge in [-0.15, -0.1) is 11.8 Å². The van der Waals surface area contributed by atoms with Crippen LogP contribution in [0, 0.1) is 0 Å². The molecule has 1 unspecified atom stereocenters. The van der Waals surface area contributed by atoms with Crippen molar-refractivity contribution in [3.63, 3.8) is 0 Å². The number of benzene rings is 2. The minimum absolute atomic E-state index is 0.0969. The summed E-state index contributed by atoms with van der Waals surface area (Å²) >= 11 is 1.67. The molecule has 2 rings (SSSR count). The van der Waals surface area contributed by atoms with Crippen molar-refractivity contribution in [1.82, 2.24) is 0 Å². The molecule has 0 fully saturated rings. The van der Waals surface area contributed by atoms with E-state index in [1.165, 1.54) is 12.1 Å². The molecule has 0 saturated carbocycles. The fourth-order valence-corrected chi connectivity index (χ4v) is 2.53. The minimum atomic E-state index is -0.0969. The average molecular weight is 275 g/mol. The van der Waals surface area contributed by atoms with E-state index in [1.54, 1.807) is 17.8 Å². The molecule has 19 heavy (non-hydrogen) atoms. The first-order valence-corrected chi connectivity index (χ1v) is 7.25. The summed E-state index contributed by atoms with van der Waals surface area (Å²) in [4.78, 5) is 1.15. The zero-order valence-corrected chi connectivity index (χ0v) is 11.7. The van der Waals surface area contributed by atoms with Crippen LogP contribution in [0.2, 0.25) is 0 Å². The lowest BCUT2D eigenvalue weighted by atomic mass is 10.1. The van der Waals surface area contributed by atoms with Gasteiger partial charge in [-0.25, -0.2) is 0 Å². The van der Waals surface area contributed by atoms with E-state index < -0.39 is 0 Å². The van der Waals surface area contributed by atoms with Crippen molar-refractivity contribution < 1.29 is 10.2 Å². The number of aromatic hydroxyl groups is 2. The van der Waals surface area contributed by atoms with Crippen LogP contribution < -0.4 is 5.32 Å². The van der Waals surface area contributed by atoms with Crippen LogP contribution in [0.3, 0.4) is 0 Å². The molecule has 3 N–H and O–H groups in total. The molecule has 0 radical (unpaired) electrons. The monoisotopic (exact) mass is 275 g/mol. The van der Waals surface area contributed by atoms with E-state index in [9.17, 15) is 10.2 Å². The van der Waals surface area contributed by atoms with Crippen LogP contribution in [-0.4, -0.2) is 16.5 Å². The van der Waals surface area contributed by atoms with E-state index >= 15 is 0 Å². The first-order valence-electron chi connectivity index (χ1n) is 6.03. The van der Waals surface area contributed by atoms with E-state index in [2.05, 4.69) is 5.32 Å². The number of para-hydroxylation sites is 1. The lowest BCUT2D eigenvalue weighted by Crippen LogP contribution is -2.07. The molecule has 0 spiro atoms. The third kappa shape index (κ3) is 3.15. The Morgan fingerprint density at radius 3 is 2.58 bits per heavy atom. The maximum atomic E-state index is 9.85. The van der Waals surface area contributed by atoms with Crippen molar-refractivity contribution in [2.45, 2.75) is 17.9 Å². The van der Waals surface area contributed by atoms with Gasteiger partial charge in [0.05, 0.1) is 6.04 Å². The van der Waals surface area contributed by atoms with Gasteiger partial charge in [0.25, 0.3) is 0 Å². The number of hydrogen-bond acceptors (Lipinski definition) is 4.